The summed E-state index contributed by atoms with van der Waals surface area (Å²) in [5.74, 6) is 0. The van der Waals surface area contributed by atoms with Crippen LogP contribution in [0.2, 0.25) is 0 Å². The third-order valence-corrected chi connectivity index (χ3v) is 2.39. The Balaban J connectivity index is 3.00. The van der Waals surface area contributed by atoms with Gasteiger partial charge in [0, 0.05) is 14.1 Å². The molecular weight excluding hydrogens is 200 g/mol. The van der Waals surface area contributed by atoms with Gasteiger partial charge in [-0.1, -0.05) is 0 Å². The Kier molecular flexibility index (Phi) is 3.53. The Labute approximate surface area is 85.9 Å². The largest absolute Gasteiger partial charge is 0.369 e. The zero-order valence-corrected chi connectivity index (χ0v) is 8.75. The molecule has 1 rings (SSSR count). The van der Waals surface area contributed by atoms with E-state index in [-0.39, 0.29) is 0 Å². The number of rotatable bonds is 4. The molecule has 74 valence electrons. The molecule has 0 aromatic carbocycles. The minimum atomic E-state index is 0.454. The van der Waals surface area contributed by atoms with Crippen molar-refractivity contribution in [3.05, 3.63) is 16.5 Å². The Morgan fingerprint density at radius 2 is 2.07 bits per heavy atom. The van der Waals surface area contributed by atoms with E-state index in [1.54, 1.807) is 11.2 Å². The van der Waals surface area contributed by atoms with Crippen molar-refractivity contribution in [1.29, 1.82) is 0 Å². The first-order valence-electron chi connectivity index (χ1n) is 3.92. The summed E-state index contributed by atoms with van der Waals surface area (Å²) in [4.78, 5) is 27.4. The number of thiophene rings is 1. The second-order valence-electron chi connectivity index (χ2n) is 2.85. The fourth-order valence-electron chi connectivity index (χ4n) is 0.826. The van der Waals surface area contributed by atoms with Crippen LogP contribution in [0.1, 0.15) is 20.0 Å². The summed E-state index contributed by atoms with van der Waals surface area (Å²) in [6.45, 7) is 0. The molecule has 0 saturated heterocycles. The van der Waals surface area contributed by atoms with Crippen molar-refractivity contribution < 1.29 is 9.59 Å². The van der Waals surface area contributed by atoms with Gasteiger partial charge in [-0.05, 0) is 6.07 Å². The molecule has 0 N–H and O–H groups in total. The second-order valence-corrected chi connectivity index (χ2v) is 3.92. The molecule has 0 radical (unpaired) electrons. The minimum absolute atomic E-state index is 0.454. The van der Waals surface area contributed by atoms with E-state index in [0.29, 0.717) is 28.0 Å². The molecule has 4 nitrogen and oxygen atoms in total. The van der Waals surface area contributed by atoms with Crippen LogP contribution in [-0.2, 0) is 0 Å². The molecular formula is C9H10N2O2S. The van der Waals surface area contributed by atoms with Gasteiger partial charge in [0.1, 0.15) is 5.00 Å². The summed E-state index contributed by atoms with van der Waals surface area (Å²) in [6, 6.07) is 1.53. The van der Waals surface area contributed by atoms with Crippen molar-refractivity contribution in [2.24, 2.45) is 4.99 Å². The van der Waals surface area contributed by atoms with Gasteiger partial charge in [-0.15, -0.1) is 11.3 Å². The van der Waals surface area contributed by atoms with Crippen LogP contribution in [0.4, 0.5) is 5.00 Å². The van der Waals surface area contributed by atoms with E-state index in [9.17, 15) is 9.59 Å². The van der Waals surface area contributed by atoms with Crippen molar-refractivity contribution in [2.45, 2.75) is 0 Å². The Morgan fingerprint density at radius 3 is 2.57 bits per heavy atom. The number of aliphatic imine (C=N–C) groups is 1. The summed E-state index contributed by atoms with van der Waals surface area (Å²) < 4.78 is 0. The average Bonchev–Trinajstić information content (AvgIpc) is 2.57. The molecule has 0 fully saturated rings. The lowest BCUT2D eigenvalue weighted by Crippen LogP contribution is -2.06. The Morgan fingerprint density at radius 1 is 1.36 bits per heavy atom. The van der Waals surface area contributed by atoms with Gasteiger partial charge in [-0.2, -0.15) is 0 Å². The highest BCUT2D eigenvalue weighted by molar-refractivity contribution is 7.17. The smallest absolute Gasteiger partial charge is 0.160 e. The van der Waals surface area contributed by atoms with Crippen LogP contribution in [0.3, 0.4) is 0 Å². The highest BCUT2D eigenvalue weighted by Crippen LogP contribution is 2.28. The van der Waals surface area contributed by atoms with Crippen molar-refractivity contribution in [2.75, 3.05) is 14.1 Å². The predicted molar refractivity (Wildman–Crippen MR) is 56.9 cm³/mol. The van der Waals surface area contributed by atoms with Gasteiger partial charge in [-0.3, -0.25) is 9.59 Å². The molecule has 1 aromatic rings. The monoisotopic (exact) mass is 210 g/mol. The molecule has 1 aromatic heterocycles. The van der Waals surface area contributed by atoms with E-state index in [4.69, 9.17) is 0 Å². The van der Waals surface area contributed by atoms with Crippen LogP contribution in [0.15, 0.2) is 11.1 Å². The molecule has 0 bridgehead atoms. The van der Waals surface area contributed by atoms with Crippen molar-refractivity contribution in [3.8, 4) is 0 Å². The van der Waals surface area contributed by atoms with Gasteiger partial charge in [-0.25, -0.2) is 4.99 Å². The fourth-order valence-corrected chi connectivity index (χ4v) is 1.61. The topological polar surface area (TPSA) is 49.7 Å². The molecule has 0 aliphatic heterocycles. The maximum atomic E-state index is 10.6. The van der Waals surface area contributed by atoms with E-state index in [2.05, 4.69) is 4.99 Å². The van der Waals surface area contributed by atoms with Gasteiger partial charge in [0.05, 0.1) is 16.8 Å². The highest BCUT2D eigenvalue weighted by atomic mass is 32.1. The first kappa shape index (κ1) is 10.6. The molecule has 5 heteroatoms. The lowest BCUT2D eigenvalue weighted by Gasteiger charge is -2.00. The molecule has 1 heterocycles. The number of carbonyl (C=O) groups is 2. The summed E-state index contributed by atoms with van der Waals surface area (Å²) >= 11 is 1.20. The molecule has 0 spiro atoms. The van der Waals surface area contributed by atoms with E-state index in [1.807, 2.05) is 14.1 Å². The van der Waals surface area contributed by atoms with Gasteiger partial charge in [0.15, 0.2) is 12.6 Å². The van der Waals surface area contributed by atoms with Crippen LogP contribution in [-0.4, -0.2) is 37.9 Å². The van der Waals surface area contributed by atoms with Gasteiger partial charge in [0.2, 0.25) is 0 Å². The fraction of sp³-hybridized carbons (Fsp3) is 0.222. The van der Waals surface area contributed by atoms with Crippen LogP contribution < -0.4 is 0 Å². The van der Waals surface area contributed by atoms with E-state index in [1.165, 1.54) is 17.4 Å². The van der Waals surface area contributed by atoms with Crippen LogP contribution >= 0.6 is 11.3 Å². The third-order valence-electron chi connectivity index (χ3n) is 1.41. The maximum absolute atomic E-state index is 10.6. The number of aldehydes is 2. The number of carbonyl (C=O) groups excluding carboxylic acids is 2. The first-order valence-corrected chi connectivity index (χ1v) is 4.74. The summed E-state index contributed by atoms with van der Waals surface area (Å²) in [6.07, 6.45) is 3.01. The molecule has 0 unspecified atom stereocenters. The Hall–Kier alpha value is -1.49. The van der Waals surface area contributed by atoms with Crippen LogP contribution in [0, 0.1) is 0 Å². The van der Waals surface area contributed by atoms with E-state index >= 15 is 0 Å². The van der Waals surface area contributed by atoms with E-state index < -0.39 is 0 Å². The number of hydrogen-bond donors (Lipinski definition) is 0. The van der Waals surface area contributed by atoms with Crippen LogP contribution in [0.5, 0.6) is 0 Å². The predicted octanol–water partition coefficient (Wildman–Crippen LogP) is 1.59. The summed E-state index contributed by atoms with van der Waals surface area (Å²) in [7, 11) is 3.66. The zero-order valence-electron chi connectivity index (χ0n) is 7.93. The van der Waals surface area contributed by atoms with Gasteiger partial charge >= 0.3 is 0 Å². The Bertz CT molecular complexity index is 369. The normalized spacial score (nSPS) is 10.4. The molecule has 0 aliphatic carbocycles. The summed E-state index contributed by atoms with van der Waals surface area (Å²) in [5.41, 5.74) is 0.454. The van der Waals surface area contributed by atoms with Crippen molar-refractivity contribution >= 4 is 35.2 Å². The standard InChI is InChI=1S/C9H10N2O2S/c1-11(2)6-10-9-7(4-12)3-8(5-13)14-9/h3-6H,1-2H3/b10-6+. The van der Waals surface area contributed by atoms with Crippen molar-refractivity contribution in [3.63, 3.8) is 0 Å². The SMILES string of the molecule is CN(C)/C=N/c1sc(C=O)cc1C=O. The quantitative estimate of drug-likeness (QED) is 0.431. The first-order chi connectivity index (χ1) is 6.67. The lowest BCUT2D eigenvalue weighted by molar-refractivity contribution is 0.112. The summed E-state index contributed by atoms with van der Waals surface area (Å²) in [5, 5.41) is 0.566. The molecule has 0 atom stereocenters. The third kappa shape index (κ3) is 2.50. The number of hydrogen-bond acceptors (Lipinski definition) is 4. The van der Waals surface area contributed by atoms with E-state index in [0.717, 1.165) is 0 Å². The van der Waals surface area contributed by atoms with Crippen molar-refractivity contribution in [1.82, 2.24) is 4.90 Å². The maximum Gasteiger partial charge on any atom is 0.160 e. The molecule has 0 saturated carbocycles. The average molecular weight is 210 g/mol. The lowest BCUT2D eigenvalue weighted by atomic mass is 10.3. The second kappa shape index (κ2) is 4.66. The van der Waals surface area contributed by atoms with Crippen LogP contribution in [0.25, 0.3) is 0 Å². The highest BCUT2D eigenvalue weighted by Gasteiger charge is 2.05. The molecule has 0 amide bonds. The zero-order chi connectivity index (χ0) is 10.6. The van der Waals surface area contributed by atoms with Gasteiger partial charge < -0.3 is 4.90 Å². The van der Waals surface area contributed by atoms with Gasteiger partial charge in [0.25, 0.3) is 0 Å². The number of nitrogens with zero attached hydrogens (tertiary/aromatic N) is 2. The molecule has 0 aliphatic rings. The molecule has 14 heavy (non-hydrogen) atoms. The minimum Gasteiger partial charge on any atom is -0.369 e.